The predicted molar refractivity (Wildman–Crippen MR) is 126 cm³/mol. The molecule has 0 saturated carbocycles. The highest BCUT2D eigenvalue weighted by atomic mass is 32.2. The molecule has 7 nitrogen and oxygen atoms in total. The molecule has 1 heterocycles. The SMILES string of the molecule is CC1CN(S(=O)(=O)c2ccc(C(=O)Nc3ccccc3Oc3ccccc3)cc2)CC(C)O1. The van der Waals surface area contributed by atoms with Crippen molar-refractivity contribution in [2.24, 2.45) is 0 Å². The molecule has 0 radical (unpaired) electrons. The number of benzene rings is 3. The van der Waals surface area contributed by atoms with Gasteiger partial charge >= 0.3 is 0 Å². The molecule has 4 rings (SSSR count). The zero-order valence-electron chi connectivity index (χ0n) is 18.5. The molecule has 0 aliphatic carbocycles. The molecule has 1 aliphatic rings. The van der Waals surface area contributed by atoms with Gasteiger partial charge in [-0.3, -0.25) is 4.79 Å². The van der Waals surface area contributed by atoms with Crippen LogP contribution in [0.5, 0.6) is 11.5 Å². The van der Waals surface area contributed by atoms with E-state index in [9.17, 15) is 13.2 Å². The van der Waals surface area contributed by atoms with E-state index in [2.05, 4.69) is 5.32 Å². The molecular formula is C25H26N2O5S. The molecule has 0 bridgehead atoms. The topological polar surface area (TPSA) is 84.9 Å². The number of nitrogens with one attached hydrogen (secondary N) is 1. The Balaban J connectivity index is 1.48. The van der Waals surface area contributed by atoms with Crippen LogP contribution in [0.25, 0.3) is 0 Å². The lowest BCUT2D eigenvalue weighted by Gasteiger charge is -2.34. The third-order valence-electron chi connectivity index (χ3n) is 5.25. The number of amides is 1. The summed E-state index contributed by atoms with van der Waals surface area (Å²) in [6.07, 6.45) is -0.349. The summed E-state index contributed by atoms with van der Waals surface area (Å²) >= 11 is 0. The fourth-order valence-corrected chi connectivity index (χ4v) is 5.31. The number of hydrogen-bond acceptors (Lipinski definition) is 5. The van der Waals surface area contributed by atoms with Crippen LogP contribution < -0.4 is 10.1 Å². The first-order valence-electron chi connectivity index (χ1n) is 10.7. The van der Waals surface area contributed by atoms with Crippen LogP contribution in [0.15, 0.2) is 83.8 Å². The highest BCUT2D eigenvalue weighted by Gasteiger charge is 2.32. The van der Waals surface area contributed by atoms with Gasteiger partial charge in [0.2, 0.25) is 10.0 Å². The van der Waals surface area contributed by atoms with E-state index < -0.39 is 10.0 Å². The average Bonchev–Trinajstić information content (AvgIpc) is 2.80. The van der Waals surface area contributed by atoms with E-state index in [-0.39, 0.29) is 23.0 Å². The van der Waals surface area contributed by atoms with Gasteiger partial charge in [-0.25, -0.2) is 8.42 Å². The Morgan fingerprint density at radius 1 is 0.909 bits per heavy atom. The number of carbonyl (C=O) groups excluding carboxylic acids is 1. The maximum atomic E-state index is 13.0. The first-order valence-corrected chi connectivity index (χ1v) is 12.2. The van der Waals surface area contributed by atoms with Crippen LogP contribution in [-0.2, 0) is 14.8 Å². The van der Waals surface area contributed by atoms with Gasteiger partial charge in [-0.1, -0.05) is 30.3 Å². The number of para-hydroxylation sites is 3. The molecule has 33 heavy (non-hydrogen) atoms. The Bertz CT molecular complexity index is 1200. The van der Waals surface area contributed by atoms with Gasteiger partial charge in [-0.05, 0) is 62.4 Å². The number of carbonyl (C=O) groups is 1. The summed E-state index contributed by atoms with van der Waals surface area (Å²) in [5, 5.41) is 2.84. The standard InChI is InChI=1S/C25H26N2O5S/c1-18-16-27(17-19(2)31-18)33(29,30)22-14-12-20(13-15-22)25(28)26-23-10-6-7-11-24(23)32-21-8-4-3-5-9-21/h3-15,18-19H,16-17H2,1-2H3,(H,26,28). The maximum absolute atomic E-state index is 13.0. The van der Waals surface area contributed by atoms with E-state index in [0.717, 1.165) is 0 Å². The van der Waals surface area contributed by atoms with Crippen molar-refractivity contribution in [1.82, 2.24) is 4.31 Å². The molecule has 1 saturated heterocycles. The molecule has 1 amide bonds. The molecule has 3 aromatic carbocycles. The Hall–Kier alpha value is -3.20. The molecule has 3 aromatic rings. The molecule has 1 aliphatic heterocycles. The first-order chi connectivity index (χ1) is 15.8. The van der Waals surface area contributed by atoms with Gasteiger partial charge in [-0.15, -0.1) is 0 Å². The molecule has 1 fully saturated rings. The highest BCUT2D eigenvalue weighted by Crippen LogP contribution is 2.29. The third kappa shape index (κ3) is 5.42. The van der Waals surface area contributed by atoms with Crippen molar-refractivity contribution in [3.8, 4) is 11.5 Å². The van der Waals surface area contributed by atoms with Gasteiger partial charge in [0.1, 0.15) is 5.75 Å². The van der Waals surface area contributed by atoms with E-state index in [1.165, 1.54) is 28.6 Å². The minimum atomic E-state index is -3.67. The number of morpholine rings is 1. The van der Waals surface area contributed by atoms with Crippen LogP contribution >= 0.6 is 0 Å². The summed E-state index contributed by atoms with van der Waals surface area (Å²) < 4.78 is 39.0. The van der Waals surface area contributed by atoms with Gasteiger partial charge in [-0.2, -0.15) is 4.31 Å². The quantitative estimate of drug-likeness (QED) is 0.577. The lowest BCUT2D eigenvalue weighted by molar-refractivity contribution is -0.0440. The number of ether oxygens (including phenoxy) is 2. The molecule has 0 spiro atoms. The molecule has 8 heteroatoms. The molecular weight excluding hydrogens is 440 g/mol. The van der Waals surface area contributed by atoms with E-state index in [1.54, 1.807) is 18.2 Å². The van der Waals surface area contributed by atoms with Crippen molar-refractivity contribution in [2.45, 2.75) is 31.0 Å². The number of rotatable bonds is 6. The van der Waals surface area contributed by atoms with Crippen molar-refractivity contribution in [2.75, 3.05) is 18.4 Å². The Morgan fingerprint density at radius 3 is 2.18 bits per heavy atom. The van der Waals surface area contributed by atoms with Crippen molar-refractivity contribution in [1.29, 1.82) is 0 Å². The molecule has 0 aromatic heterocycles. The minimum Gasteiger partial charge on any atom is -0.455 e. The molecule has 2 atom stereocenters. The summed E-state index contributed by atoms with van der Waals surface area (Å²) in [5.41, 5.74) is 0.853. The van der Waals surface area contributed by atoms with Gasteiger partial charge < -0.3 is 14.8 Å². The second-order valence-electron chi connectivity index (χ2n) is 7.97. The monoisotopic (exact) mass is 466 g/mol. The normalized spacial score (nSPS) is 19.1. The van der Waals surface area contributed by atoms with Gasteiger partial charge in [0, 0.05) is 18.7 Å². The fraction of sp³-hybridized carbons (Fsp3) is 0.240. The molecule has 2 unspecified atom stereocenters. The number of anilines is 1. The second kappa shape index (κ2) is 9.74. The zero-order chi connectivity index (χ0) is 23.4. The second-order valence-corrected chi connectivity index (χ2v) is 9.91. The number of nitrogens with zero attached hydrogens (tertiary/aromatic N) is 1. The highest BCUT2D eigenvalue weighted by molar-refractivity contribution is 7.89. The summed E-state index contributed by atoms with van der Waals surface area (Å²) in [6, 6.07) is 22.3. The minimum absolute atomic E-state index is 0.146. The lowest BCUT2D eigenvalue weighted by atomic mass is 10.2. The summed E-state index contributed by atoms with van der Waals surface area (Å²) in [5.74, 6) is 0.795. The van der Waals surface area contributed by atoms with Crippen LogP contribution in [0.4, 0.5) is 5.69 Å². The van der Waals surface area contributed by atoms with E-state index in [0.29, 0.717) is 35.8 Å². The summed E-state index contributed by atoms with van der Waals surface area (Å²) in [7, 11) is -3.67. The van der Waals surface area contributed by atoms with Crippen LogP contribution in [0.3, 0.4) is 0 Å². The zero-order valence-corrected chi connectivity index (χ0v) is 19.3. The predicted octanol–water partition coefficient (Wildman–Crippen LogP) is 4.53. The molecule has 172 valence electrons. The fourth-order valence-electron chi connectivity index (χ4n) is 3.72. The van der Waals surface area contributed by atoms with E-state index in [4.69, 9.17) is 9.47 Å². The van der Waals surface area contributed by atoms with Crippen molar-refractivity contribution in [3.05, 3.63) is 84.4 Å². The number of sulfonamides is 1. The lowest BCUT2D eigenvalue weighted by Crippen LogP contribution is -2.48. The first kappa shape index (κ1) is 23.0. The smallest absolute Gasteiger partial charge is 0.255 e. The van der Waals surface area contributed by atoms with Crippen LogP contribution in [-0.4, -0.2) is 43.9 Å². The Labute approximate surface area is 194 Å². The van der Waals surface area contributed by atoms with E-state index in [1.807, 2.05) is 50.2 Å². The molecule has 1 N–H and O–H groups in total. The van der Waals surface area contributed by atoms with Crippen molar-refractivity contribution >= 4 is 21.6 Å². The Morgan fingerprint density at radius 2 is 1.52 bits per heavy atom. The Kier molecular flexibility index (Phi) is 6.78. The maximum Gasteiger partial charge on any atom is 0.255 e. The number of hydrogen-bond donors (Lipinski definition) is 1. The van der Waals surface area contributed by atoms with Gasteiger partial charge in [0.05, 0.1) is 22.8 Å². The van der Waals surface area contributed by atoms with Crippen LogP contribution in [0, 0.1) is 0 Å². The largest absolute Gasteiger partial charge is 0.455 e. The van der Waals surface area contributed by atoms with Crippen molar-refractivity contribution in [3.63, 3.8) is 0 Å². The van der Waals surface area contributed by atoms with Crippen LogP contribution in [0.1, 0.15) is 24.2 Å². The summed E-state index contributed by atoms with van der Waals surface area (Å²) in [6.45, 7) is 4.30. The van der Waals surface area contributed by atoms with Crippen molar-refractivity contribution < 1.29 is 22.7 Å². The summed E-state index contributed by atoms with van der Waals surface area (Å²) in [4.78, 5) is 13.0. The average molecular weight is 467 g/mol. The van der Waals surface area contributed by atoms with Gasteiger partial charge in [0.15, 0.2) is 5.75 Å². The third-order valence-corrected chi connectivity index (χ3v) is 7.09. The van der Waals surface area contributed by atoms with E-state index >= 15 is 0 Å². The van der Waals surface area contributed by atoms with Gasteiger partial charge in [0.25, 0.3) is 5.91 Å². The van der Waals surface area contributed by atoms with Crippen LogP contribution in [0.2, 0.25) is 0 Å².